The van der Waals surface area contributed by atoms with Gasteiger partial charge in [0.2, 0.25) is 0 Å². The van der Waals surface area contributed by atoms with Crippen molar-refractivity contribution in [3.05, 3.63) is 42.1 Å². The number of hydrogen-bond acceptors (Lipinski definition) is 5. The number of likely N-dealkylation sites (tertiary alicyclic amines) is 1. The standard InChI is InChI=1S/C21H29N5O/c1-15(2)23-21(27)18-14-22-19(16-8-6-5-7-9-16)24-20(18)26(4)17-10-12-25(3)13-11-17/h5-9,14-15,17H,10-13H2,1-4H3,(H,23,27). The van der Waals surface area contributed by atoms with E-state index in [1.165, 1.54) is 0 Å². The van der Waals surface area contributed by atoms with Crippen molar-refractivity contribution in [1.29, 1.82) is 0 Å². The number of carbonyl (C=O) groups excluding carboxylic acids is 1. The number of nitrogens with zero attached hydrogens (tertiary/aromatic N) is 4. The molecule has 6 heteroatoms. The molecule has 3 rings (SSSR count). The second-order valence-electron chi connectivity index (χ2n) is 7.57. The summed E-state index contributed by atoms with van der Waals surface area (Å²) in [6.07, 6.45) is 3.78. The van der Waals surface area contributed by atoms with E-state index in [-0.39, 0.29) is 11.9 Å². The Labute approximate surface area is 161 Å². The maximum absolute atomic E-state index is 12.7. The van der Waals surface area contributed by atoms with Crippen LogP contribution in [0, 0.1) is 0 Å². The predicted octanol–water partition coefficient (Wildman–Crippen LogP) is 2.81. The largest absolute Gasteiger partial charge is 0.356 e. The lowest BCUT2D eigenvalue weighted by Gasteiger charge is -2.36. The fourth-order valence-corrected chi connectivity index (χ4v) is 3.42. The van der Waals surface area contributed by atoms with Crippen LogP contribution in [-0.2, 0) is 0 Å². The van der Waals surface area contributed by atoms with Crippen LogP contribution in [0.15, 0.2) is 36.5 Å². The summed E-state index contributed by atoms with van der Waals surface area (Å²) in [4.78, 5) is 26.5. The van der Waals surface area contributed by atoms with E-state index in [4.69, 9.17) is 4.98 Å². The van der Waals surface area contributed by atoms with Crippen LogP contribution in [0.2, 0.25) is 0 Å². The Morgan fingerprint density at radius 1 is 1.22 bits per heavy atom. The van der Waals surface area contributed by atoms with Gasteiger partial charge in [-0.1, -0.05) is 30.3 Å². The smallest absolute Gasteiger partial charge is 0.256 e. The molecule has 27 heavy (non-hydrogen) atoms. The van der Waals surface area contributed by atoms with Gasteiger partial charge in [-0.15, -0.1) is 0 Å². The zero-order valence-electron chi connectivity index (χ0n) is 16.6. The summed E-state index contributed by atoms with van der Waals surface area (Å²) in [6.45, 7) is 6.02. The number of piperidine rings is 1. The molecular formula is C21H29N5O. The molecule has 0 spiro atoms. The van der Waals surface area contributed by atoms with Gasteiger partial charge in [0.15, 0.2) is 5.82 Å². The Morgan fingerprint density at radius 2 is 1.89 bits per heavy atom. The van der Waals surface area contributed by atoms with E-state index in [0.717, 1.165) is 31.5 Å². The third-order valence-electron chi connectivity index (χ3n) is 5.03. The zero-order chi connectivity index (χ0) is 19.4. The van der Waals surface area contributed by atoms with E-state index in [9.17, 15) is 4.79 Å². The highest BCUT2D eigenvalue weighted by Crippen LogP contribution is 2.26. The molecule has 6 nitrogen and oxygen atoms in total. The van der Waals surface area contributed by atoms with Crippen molar-refractivity contribution in [2.24, 2.45) is 0 Å². The first-order chi connectivity index (χ1) is 13.0. The lowest BCUT2D eigenvalue weighted by molar-refractivity contribution is 0.0942. The number of benzene rings is 1. The molecule has 1 aliphatic heterocycles. The fourth-order valence-electron chi connectivity index (χ4n) is 3.42. The summed E-state index contributed by atoms with van der Waals surface area (Å²) in [5, 5.41) is 2.97. The van der Waals surface area contributed by atoms with E-state index >= 15 is 0 Å². The number of nitrogens with one attached hydrogen (secondary N) is 1. The molecule has 144 valence electrons. The van der Waals surface area contributed by atoms with Gasteiger partial charge in [-0.3, -0.25) is 4.79 Å². The molecule has 1 saturated heterocycles. The maximum Gasteiger partial charge on any atom is 0.256 e. The SMILES string of the molecule is CC(C)NC(=O)c1cnc(-c2ccccc2)nc1N(C)C1CCN(C)CC1. The minimum atomic E-state index is -0.126. The van der Waals surface area contributed by atoms with Gasteiger partial charge in [-0.05, 0) is 46.8 Å². The van der Waals surface area contributed by atoms with Crippen LogP contribution in [0.25, 0.3) is 11.4 Å². The second-order valence-corrected chi connectivity index (χ2v) is 7.57. The van der Waals surface area contributed by atoms with Gasteiger partial charge in [-0.2, -0.15) is 0 Å². The van der Waals surface area contributed by atoms with Crippen molar-refractivity contribution < 1.29 is 4.79 Å². The van der Waals surface area contributed by atoms with Crippen LogP contribution < -0.4 is 10.2 Å². The molecule has 2 heterocycles. The number of anilines is 1. The number of hydrogen-bond donors (Lipinski definition) is 1. The summed E-state index contributed by atoms with van der Waals surface area (Å²) in [5.74, 6) is 1.22. The Balaban J connectivity index is 1.97. The van der Waals surface area contributed by atoms with Crippen LogP contribution >= 0.6 is 0 Å². The Kier molecular flexibility index (Phi) is 6.06. The van der Waals surface area contributed by atoms with Crippen LogP contribution in [-0.4, -0.2) is 60.0 Å². The van der Waals surface area contributed by atoms with E-state index in [1.807, 2.05) is 51.2 Å². The average molecular weight is 367 g/mol. The highest BCUT2D eigenvalue weighted by Gasteiger charge is 2.26. The highest BCUT2D eigenvalue weighted by molar-refractivity contribution is 5.99. The molecule has 0 radical (unpaired) electrons. The van der Waals surface area contributed by atoms with Gasteiger partial charge in [0.25, 0.3) is 5.91 Å². The van der Waals surface area contributed by atoms with Crippen molar-refractivity contribution in [3.63, 3.8) is 0 Å². The molecule has 2 aromatic rings. The summed E-state index contributed by atoms with van der Waals surface area (Å²) < 4.78 is 0. The molecular weight excluding hydrogens is 338 g/mol. The van der Waals surface area contributed by atoms with E-state index < -0.39 is 0 Å². The summed E-state index contributed by atoms with van der Waals surface area (Å²) >= 11 is 0. The normalized spacial score (nSPS) is 15.7. The first-order valence-corrected chi connectivity index (χ1v) is 9.60. The number of rotatable bonds is 5. The van der Waals surface area contributed by atoms with Crippen molar-refractivity contribution in [2.45, 2.75) is 38.8 Å². The van der Waals surface area contributed by atoms with Crippen LogP contribution in [0.4, 0.5) is 5.82 Å². The molecule has 1 fully saturated rings. The zero-order valence-corrected chi connectivity index (χ0v) is 16.6. The lowest BCUT2D eigenvalue weighted by Crippen LogP contribution is -2.43. The minimum absolute atomic E-state index is 0.0628. The summed E-state index contributed by atoms with van der Waals surface area (Å²) in [5.41, 5.74) is 1.48. The molecule has 0 unspecified atom stereocenters. The second kappa shape index (κ2) is 8.48. The van der Waals surface area contributed by atoms with Gasteiger partial charge in [0, 0.05) is 30.9 Å². The van der Waals surface area contributed by atoms with Crippen molar-refractivity contribution in [2.75, 3.05) is 32.1 Å². The van der Waals surface area contributed by atoms with Crippen molar-refractivity contribution in [1.82, 2.24) is 20.2 Å². The third-order valence-corrected chi connectivity index (χ3v) is 5.03. The number of carbonyl (C=O) groups is 1. The van der Waals surface area contributed by atoms with Crippen molar-refractivity contribution in [3.8, 4) is 11.4 Å². The van der Waals surface area contributed by atoms with Gasteiger partial charge >= 0.3 is 0 Å². The first kappa shape index (κ1) is 19.3. The van der Waals surface area contributed by atoms with Gasteiger partial charge < -0.3 is 15.1 Å². The molecule has 1 N–H and O–H groups in total. The van der Waals surface area contributed by atoms with Gasteiger partial charge in [-0.25, -0.2) is 9.97 Å². The highest BCUT2D eigenvalue weighted by atomic mass is 16.1. The van der Waals surface area contributed by atoms with Crippen molar-refractivity contribution >= 4 is 11.7 Å². The van der Waals surface area contributed by atoms with E-state index in [2.05, 4.69) is 27.1 Å². The van der Waals surface area contributed by atoms with Crippen LogP contribution in [0.5, 0.6) is 0 Å². The Hall–Kier alpha value is -2.47. The Morgan fingerprint density at radius 3 is 2.52 bits per heavy atom. The molecule has 1 aliphatic rings. The van der Waals surface area contributed by atoms with E-state index in [1.54, 1.807) is 6.20 Å². The van der Waals surface area contributed by atoms with Gasteiger partial charge in [0.1, 0.15) is 11.4 Å². The van der Waals surface area contributed by atoms with Gasteiger partial charge in [0.05, 0.1) is 0 Å². The molecule has 0 bridgehead atoms. The number of amides is 1. The first-order valence-electron chi connectivity index (χ1n) is 9.60. The topological polar surface area (TPSA) is 61.4 Å². The monoisotopic (exact) mass is 367 g/mol. The molecule has 0 saturated carbocycles. The average Bonchev–Trinajstić information content (AvgIpc) is 2.67. The maximum atomic E-state index is 12.7. The third kappa shape index (κ3) is 4.63. The number of aromatic nitrogens is 2. The van der Waals surface area contributed by atoms with E-state index in [0.29, 0.717) is 23.2 Å². The summed E-state index contributed by atoms with van der Waals surface area (Å²) in [6, 6.07) is 10.3. The fraction of sp³-hybridized carbons (Fsp3) is 0.476. The minimum Gasteiger partial charge on any atom is -0.356 e. The molecule has 1 aromatic heterocycles. The predicted molar refractivity (Wildman–Crippen MR) is 109 cm³/mol. The summed E-state index contributed by atoms with van der Waals surface area (Å²) in [7, 11) is 4.19. The quantitative estimate of drug-likeness (QED) is 0.880. The Bertz CT molecular complexity index is 769. The van der Waals surface area contributed by atoms with Crippen LogP contribution in [0.3, 0.4) is 0 Å². The lowest BCUT2D eigenvalue weighted by atomic mass is 10.0. The molecule has 0 aliphatic carbocycles. The molecule has 1 amide bonds. The molecule has 1 aromatic carbocycles. The molecule has 0 atom stereocenters. The van der Waals surface area contributed by atoms with Crippen LogP contribution in [0.1, 0.15) is 37.0 Å².